The van der Waals surface area contributed by atoms with Crippen molar-refractivity contribution in [2.75, 3.05) is 31.1 Å². The van der Waals surface area contributed by atoms with E-state index in [0.717, 1.165) is 0 Å². The number of nitrogens with one attached hydrogen (secondary N) is 1. The second-order valence-corrected chi connectivity index (χ2v) is 7.69. The van der Waals surface area contributed by atoms with Gasteiger partial charge in [0.15, 0.2) is 5.82 Å². The molecule has 2 N–H and O–H groups in total. The van der Waals surface area contributed by atoms with Crippen molar-refractivity contribution in [2.24, 2.45) is 7.05 Å². The summed E-state index contributed by atoms with van der Waals surface area (Å²) in [4.78, 5) is 37.1. The minimum atomic E-state index is -3.10. The number of halogens is 3. The number of alkyl halides is 2. The van der Waals surface area contributed by atoms with Gasteiger partial charge < -0.3 is 5.11 Å². The monoisotopic (exact) mass is 457 g/mol. The van der Waals surface area contributed by atoms with E-state index in [-0.39, 0.29) is 44.2 Å². The lowest BCUT2D eigenvalue weighted by atomic mass is 9.85. The van der Waals surface area contributed by atoms with Crippen molar-refractivity contribution < 1.29 is 28.3 Å². The molecule has 1 unspecified atom stereocenters. The highest BCUT2D eigenvalue weighted by Gasteiger charge is 2.45. The number of fused-ring (bicyclic) bond motifs is 1. The number of carboxylic acid groups (broad SMARTS) is 1. The van der Waals surface area contributed by atoms with Crippen LogP contribution in [0.1, 0.15) is 24.3 Å². The molecule has 0 spiro atoms. The summed E-state index contributed by atoms with van der Waals surface area (Å²) in [5.74, 6) is -5.37. The minimum Gasteiger partial charge on any atom is -0.480 e. The molecule has 4 rings (SSSR count). The van der Waals surface area contributed by atoms with E-state index in [0.29, 0.717) is 22.3 Å². The molecule has 2 fully saturated rings. The number of benzene rings is 1. The Labute approximate surface area is 182 Å². The number of hydrogen-bond acceptors (Lipinski definition) is 5. The predicted molar refractivity (Wildman–Crippen MR) is 110 cm³/mol. The Morgan fingerprint density at radius 2 is 2.06 bits per heavy atom. The molecule has 0 saturated carbocycles. The Hall–Kier alpha value is -2.79. The third kappa shape index (κ3) is 4.33. The summed E-state index contributed by atoms with van der Waals surface area (Å²) < 4.78 is 31.3. The van der Waals surface area contributed by atoms with Gasteiger partial charge in [-0.2, -0.15) is 5.10 Å². The number of carboxylic acids is 1. The van der Waals surface area contributed by atoms with Gasteiger partial charge in [-0.3, -0.25) is 29.4 Å². The molecule has 2 aliphatic rings. The SMILES string of the molecule is Cl.Cn1nc(N2CCC(=O)NC2=O)c2cc(C3CCN(CC(=O)O)CC3(F)F)ccc21. The quantitative estimate of drug-likeness (QED) is 0.726. The second kappa shape index (κ2) is 8.39. The fourth-order valence-electron chi connectivity index (χ4n) is 4.19. The number of hydrogen-bond donors (Lipinski definition) is 2. The van der Waals surface area contributed by atoms with Crippen molar-refractivity contribution >= 4 is 47.0 Å². The molecule has 168 valence electrons. The van der Waals surface area contributed by atoms with E-state index in [1.54, 1.807) is 29.9 Å². The van der Waals surface area contributed by atoms with Gasteiger partial charge in [0.1, 0.15) is 0 Å². The van der Waals surface area contributed by atoms with Crippen LogP contribution in [0, 0.1) is 0 Å². The first kappa shape index (κ1) is 22.9. The summed E-state index contributed by atoms with van der Waals surface area (Å²) in [7, 11) is 1.69. The van der Waals surface area contributed by atoms with Crippen LogP contribution in [0.4, 0.5) is 19.4 Å². The van der Waals surface area contributed by atoms with Crippen LogP contribution >= 0.6 is 12.4 Å². The van der Waals surface area contributed by atoms with Gasteiger partial charge in [0, 0.05) is 25.4 Å². The summed E-state index contributed by atoms with van der Waals surface area (Å²) >= 11 is 0. The molecule has 0 radical (unpaired) electrons. The van der Waals surface area contributed by atoms with Crippen LogP contribution in [0.3, 0.4) is 0 Å². The fourth-order valence-corrected chi connectivity index (χ4v) is 4.19. The summed E-state index contributed by atoms with van der Waals surface area (Å²) in [6.07, 6.45) is 0.240. The van der Waals surface area contributed by atoms with Gasteiger partial charge in [-0.1, -0.05) is 6.07 Å². The highest BCUT2D eigenvalue weighted by Crippen LogP contribution is 2.42. The average Bonchev–Trinajstić information content (AvgIpc) is 2.96. The van der Waals surface area contributed by atoms with E-state index in [2.05, 4.69) is 10.4 Å². The van der Waals surface area contributed by atoms with E-state index in [4.69, 9.17) is 5.11 Å². The lowest BCUT2D eigenvalue weighted by molar-refractivity contribution is -0.142. The van der Waals surface area contributed by atoms with E-state index in [1.807, 2.05) is 0 Å². The number of nitrogens with zero attached hydrogens (tertiary/aromatic N) is 4. The molecule has 2 aliphatic heterocycles. The summed E-state index contributed by atoms with van der Waals surface area (Å²) in [6.45, 7) is -0.638. The van der Waals surface area contributed by atoms with Crippen LogP contribution < -0.4 is 10.2 Å². The van der Waals surface area contributed by atoms with E-state index in [1.165, 1.54) is 9.80 Å². The van der Waals surface area contributed by atoms with Gasteiger partial charge >= 0.3 is 12.0 Å². The van der Waals surface area contributed by atoms with E-state index >= 15 is 0 Å². The standard InChI is InChI=1S/C19H21F2N5O4.ClH/c1-24-14-3-2-11(13-4-6-25(9-16(28)29)10-19(13,20)21)8-12(14)17(23-24)26-7-5-15(27)22-18(26)30;/h2-3,8,13H,4-7,9-10H2,1H3,(H,28,29)(H,22,27,30);1H. The van der Waals surface area contributed by atoms with Gasteiger partial charge in [-0.05, 0) is 30.7 Å². The molecule has 3 amide bonds. The maximum Gasteiger partial charge on any atom is 0.329 e. The lowest BCUT2D eigenvalue weighted by Gasteiger charge is -2.38. The van der Waals surface area contributed by atoms with Crippen molar-refractivity contribution in [3.05, 3.63) is 23.8 Å². The molecule has 9 nitrogen and oxygen atoms in total. The summed E-state index contributed by atoms with van der Waals surface area (Å²) in [6, 6.07) is 4.34. The number of carbonyl (C=O) groups is 3. The van der Waals surface area contributed by atoms with Gasteiger partial charge in [0.2, 0.25) is 5.91 Å². The molecule has 1 atom stereocenters. The second-order valence-electron chi connectivity index (χ2n) is 7.69. The number of amides is 3. The number of imide groups is 1. The fraction of sp³-hybridized carbons (Fsp3) is 0.474. The van der Waals surface area contributed by atoms with E-state index < -0.39 is 36.9 Å². The number of aromatic nitrogens is 2. The minimum absolute atomic E-state index is 0. The van der Waals surface area contributed by atoms with E-state index in [9.17, 15) is 23.2 Å². The lowest BCUT2D eigenvalue weighted by Crippen LogP contribution is -2.49. The smallest absolute Gasteiger partial charge is 0.329 e. The van der Waals surface area contributed by atoms with Gasteiger partial charge in [-0.15, -0.1) is 12.4 Å². The summed E-state index contributed by atoms with van der Waals surface area (Å²) in [5, 5.41) is 16.0. The molecule has 1 aromatic heterocycles. The maximum atomic E-state index is 14.9. The third-order valence-electron chi connectivity index (χ3n) is 5.60. The van der Waals surface area contributed by atoms with Crippen molar-refractivity contribution in [3.8, 4) is 0 Å². The molecule has 0 bridgehead atoms. The Morgan fingerprint density at radius 3 is 2.71 bits per heavy atom. The van der Waals surface area contributed by atoms with Crippen LogP contribution in [0.5, 0.6) is 0 Å². The van der Waals surface area contributed by atoms with Crippen LogP contribution in [-0.4, -0.2) is 69.8 Å². The first-order valence-electron chi connectivity index (χ1n) is 9.55. The highest BCUT2D eigenvalue weighted by atomic mass is 35.5. The molecule has 1 aromatic carbocycles. The number of aliphatic carboxylic acids is 1. The third-order valence-corrected chi connectivity index (χ3v) is 5.60. The Morgan fingerprint density at radius 1 is 1.32 bits per heavy atom. The molecule has 3 heterocycles. The molecule has 2 saturated heterocycles. The van der Waals surface area contributed by atoms with Gasteiger partial charge in [-0.25, -0.2) is 13.6 Å². The number of likely N-dealkylation sites (tertiary alicyclic amines) is 1. The Kier molecular flexibility index (Phi) is 6.19. The van der Waals surface area contributed by atoms with Crippen LogP contribution in [-0.2, 0) is 16.6 Å². The zero-order valence-corrected chi connectivity index (χ0v) is 17.5. The number of anilines is 1. The molecular formula is C19H22ClF2N5O4. The van der Waals surface area contributed by atoms with Crippen LogP contribution in [0.15, 0.2) is 18.2 Å². The van der Waals surface area contributed by atoms with Crippen molar-refractivity contribution in [1.29, 1.82) is 0 Å². The first-order chi connectivity index (χ1) is 14.2. The summed E-state index contributed by atoms with van der Waals surface area (Å²) in [5.41, 5.74) is 1.08. The zero-order valence-electron chi connectivity index (χ0n) is 16.7. The number of carbonyl (C=O) groups excluding carboxylic acids is 2. The Bertz CT molecular complexity index is 1040. The molecule has 31 heavy (non-hydrogen) atoms. The van der Waals surface area contributed by atoms with Crippen LogP contribution in [0.2, 0.25) is 0 Å². The first-order valence-corrected chi connectivity index (χ1v) is 9.55. The number of aryl methyl sites for hydroxylation is 1. The van der Waals surface area contributed by atoms with Crippen molar-refractivity contribution in [3.63, 3.8) is 0 Å². The number of urea groups is 1. The number of rotatable bonds is 4. The topological polar surface area (TPSA) is 108 Å². The zero-order chi connectivity index (χ0) is 21.6. The average molecular weight is 458 g/mol. The Balaban J connectivity index is 0.00000272. The molecular weight excluding hydrogens is 436 g/mol. The van der Waals surface area contributed by atoms with Crippen molar-refractivity contribution in [2.45, 2.75) is 24.7 Å². The maximum absolute atomic E-state index is 14.9. The molecule has 12 heteroatoms. The molecule has 2 aromatic rings. The normalized spacial score (nSPS) is 21.6. The highest BCUT2D eigenvalue weighted by molar-refractivity contribution is 6.08. The van der Waals surface area contributed by atoms with Crippen molar-refractivity contribution in [1.82, 2.24) is 20.0 Å². The largest absolute Gasteiger partial charge is 0.480 e. The van der Waals surface area contributed by atoms with Gasteiger partial charge in [0.05, 0.1) is 24.5 Å². The van der Waals surface area contributed by atoms with Crippen LogP contribution in [0.25, 0.3) is 10.9 Å². The predicted octanol–water partition coefficient (Wildman–Crippen LogP) is 1.95. The molecule has 0 aliphatic carbocycles. The number of piperidine rings is 1. The van der Waals surface area contributed by atoms with Gasteiger partial charge in [0.25, 0.3) is 5.92 Å².